The highest BCUT2D eigenvalue weighted by Gasteiger charge is 2.34. The number of thiol groups is 2. The third-order valence-electron chi connectivity index (χ3n) is 2.62. The van der Waals surface area contributed by atoms with Crippen LogP contribution in [0, 0.1) is 0 Å². The predicted molar refractivity (Wildman–Crippen MR) is 74.1 cm³/mol. The van der Waals surface area contributed by atoms with E-state index in [0.717, 1.165) is 12.8 Å². The van der Waals surface area contributed by atoms with E-state index in [2.05, 4.69) is 36.9 Å². The molecule has 0 saturated carbocycles. The molecule has 0 radical (unpaired) electrons. The molecule has 1 heterocycles. The van der Waals surface area contributed by atoms with Crippen LogP contribution in [0.15, 0.2) is 0 Å². The van der Waals surface area contributed by atoms with Crippen LogP contribution < -0.4 is 5.09 Å². The van der Waals surface area contributed by atoms with Crippen LogP contribution >= 0.6 is 31.3 Å². The summed E-state index contributed by atoms with van der Waals surface area (Å²) in [5.41, 5.74) is 0.0305. The third kappa shape index (κ3) is 3.69. The van der Waals surface area contributed by atoms with E-state index in [-0.39, 0.29) is 11.5 Å². The topological polar surface area (TPSA) is 30.5 Å². The fourth-order valence-electron chi connectivity index (χ4n) is 1.71. The van der Waals surface area contributed by atoms with E-state index in [1.807, 2.05) is 12.7 Å². The van der Waals surface area contributed by atoms with Gasteiger partial charge in [0.25, 0.3) is 0 Å². The highest BCUT2D eigenvalue weighted by atomic mass is 32.7. The number of hydrogen-bond donors (Lipinski definition) is 3. The number of ether oxygens (including phenoxy) is 1. The van der Waals surface area contributed by atoms with Crippen LogP contribution in [0.3, 0.4) is 0 Å². The molecule has 0 aromatic heterocycles. The highest BCUT2D eigenvalue weighted by Crippen LogP contribution is 2.49. The first-order valence-corrected chi connectivity index (χ1v) is 8.58. The first-order chi connectivity index (χ1) is 7.04. The molecule has 2 unspecified atom stereocenters. The van der Waals surface area contributed by atoms with Gasteiger partial charge in [-0.3, -0.25) is 5.09 Å². The standard InChI is InChI=1S/C9H20NO2PS2/c1-4-8-7(6-9(14)12-8)10-13(15,5-2)11-3/h5,7-10,14-15H,4,6H2,1-3H3/t7?,8-,9+,13?/m1/s1. The minimum absolute atomic E-state index is 0.0305. The SMILES string of the molecule is CC=P(S)(NC1C[C@H](S)O[C@@H]1CC)OC. The molecule has 15 heavy (non-hydrogen) atoms. The van der Waals surface area contributed by atoms with Crippen molar-refractivity contribution in [2.24, 2.45) is 0 Å². The Morgan fingerprint density at radius 1 is 1.67 bits per heavy atom. The molecule has 0 amide bonds. The minimum Gasteiger partial charge on any atom is -0.363 e. The molecule has 1 rings (SSSR count). The minimum atomic E-state index is -1.85. The molecule has 4 atom stereocenters. The van der Waals surface area contributed by atoms with Gasteiger partial charge in [0.05, 0.1) is 6.10 Å². The second-order valence-corrected chi connectivity index (χ2v) is 8.32. The van der Waals surface area contributed by atoms with Crippen LogP contribution in [0.2, 0.25) is 0 Å². The van der Waals surface area contributed by atoms with Gasteiger partial charge in [0.1, 0.15) is 11.9 Å². The van der Waals surface area contributed by atoms with Gasteiger partial charge >= 0.3 is 0 Å². The fraction of sp³-hybridized carbons (Fsp3) is 0.889. The number of rotatable bonds is 4. The second kappa shape index (κ2) is 5.99. The van der Waals surface area contributed by atoms with Crippen LogP contribution in [-0.2, 0) is 9.26 Å². The van der Waals surface area contributed by atoms with E-state index in [1.165, 1.54) is 0 Å². The summed E-state index contributed by atoms with van der Waals surface area (Å²) in [4.78, 5) is 0. The lowest BCUT2D eigenvalue weighted by molar-refractivity contribution is 0.0830. The van der Waals surface area contributed by atoms with E-state index < -0.39 is 6.47 Å². The lowest BCUT2D eigenvalue weighted by atomic mass is 10.1. The van der Waals surface area contributed by atoms with E-state index >= 15 is 0 Å². The Bertz CT molecular complexity index is 262. The van der Waals surface area contributed by atoms with Crippen molar-refractivity contribution in [1.29, 1.82) is 0 Å². The Morgan fingerprint density at radius 3 is 2.80 bits per heavy atom. The molecule has 0 spiro atoms. The molecule has 0 bridgehead atoms. The maximum Gasteiger partial charge on any atom is 0.114 e. The van der Waals surface area contributed by atoms with Gasteiger partial charge in [-0.2, -0.15) is 0 Å². The van der Waals surface area contributed by atoms with Gasteiger partial charge in [-0.1, -0.05) is 6.92 Å². The molecule has 1 aliphatic heterocycles. The van der Waals surface area contributed by atoms with Crippen molar-refractivity contribution in [3.63, 3.8) is 0 Å². The first kappa shape index (κ1) is 13.9. The molecule has 3 nitrogen and oxygen atoms in total. The molecular weight excluding hydrogens is 249 g/mol. The van der Waals surface area contributed by atoms with Gasteiger partial charge in [-0.25, -0.2) is 0 Å². The van der Waals surface area contributed by atoms with Crippen LogP contribution in [0.1, 0.15) is 26.7 Å². The fourth-order valence-corrected chi connectivity index (χ4v) is 3.75. The van der Waals surface area contributed by atoms with Crippen molar-refractivity contribution in [3.05, 3.63) is 0 Å². The van der Waals surface area contributed by atoms with Crippen LogP contribution in [0.25, 0.3) is 0 Å². The first-order valence-electron chi connectivity index (χ1n) is 5.13. The Balaban J connectivity index is 2.65. The van der Waals surface area contributed by atoms with Gasteiger partial charge in [0, 0.05) is 19.6 Å². The maximum atomic E-state index is 5.67. The summed E-state index contributed by atoms with van der Waals surface area (Å²) in [5.74, 6) is 1.99. The summed E-state index contributed by atoms with van der Waals surface area (Å²) in [6.45, 7) is 2.23. The monoisotopic (exact) mass is 269 g/mol. The van der Waals surface area contributed by atoms with Crippen LogP contribution in [0.5, 0.6) is 0 Å². The van der Waals surface area contributed by atoms with E-state index in [0.29, 0.717) is 6.04 Å². The predicted octanol–water partition coefficient (Wildman–Crippen LogP) is 2.56. The molecule has 0 aromatic carbocycles. The van der Waals surface area contributed by atoms with Gasteiger partial charge in [-0.05, 0) is 19.1 Å². The maximum absolute atomic E-state index is 5.67. The Labute approximate surface area is 103 Å². The molecule has 1 fully saturated rings. The molecule has 90 valence electrons. The van der Waals surface area contributed by atoms with Crippen LogP contribution in [0.4, 0.5) is 0 Å². The van der Waals surface area contributed by atoms with Crippen LogP contribution in [-0.4, -0.2) is 30.5 Å². The summed E-state index contributed by atoms with van der Waals surface area (Å²) in [6.07, 6.45) is 2.10. The Morgan fingerprint density at radius 2 is 2.33 bits per heavy atom. The Kier molecular flexibility index (Phi) is 5.57. The molecule has 1 aliphatic rings. The van der Waals surface area contributed by atoms with E-state index in [9.17, 15) is 0 Å². The zero-order valence-electron chi connectivity index (χ0n) is 9.38. The molecule has 1 N–H and O–H groups in total. The third-order valence-corrected chi connectivity index (χ3v) is 6.44. The quantitative estimate of drug-likeness (QED) is 0.541. The zero-order chi connectivity index (χ0) is 11.5. The zero-order valence-corrected chi connectivity index (χ0v) is 12.1. The molecule has 1 saturated heterocycles. The second-order valence-electron chi connectivity index (χ2n) is 3.57. The van der Waals surface area contributed by atoms with E-state index in [4.69, 9.17) is 9.26 Å². The molecule has 0 aromatic rings. The van der Waals surface area contributed by atoms with Crippen molar-refractivity contribution in [1.82, 2.24) is 5.09 Å². The summed E-state index contributed by atoms with van der Waals surface area (Å²) in [5, 5.41) is 3.45. The summed E-state index contributed by atoms with van der Waals surface area (Å²) in [6, 6.07) is 0.291. The average molecular weight is 269 g/mol. The normalized spacial score (nSPS) is 35.1. The smallest absolute Gasteiger partial charge is 0.114 e. The summed E-state index contributed by atoms with van der Waals surface area (Å²) >= 11 is 8.89. The van der Waals surface area contributed by atoms with Gasteiger partial charge in [0.2, 0.25) is 0 Å². The number of nitrogens with one attached hydrogen (secondary N) is 1. The lowest BCUT2D eigenvalue weighted by Crippen LogP contribution is -2.33. The Hall–Kier alpha value is 0.880. The van der Waals surface area contributed by atoms with Crippen molar-refractivity contribution >= 4 is 37.1 Å². The summed E-state index contributed by atoms with van der Waals surface area (Å²) in [7, 11) is 1.68. The largest absolute Gasteiger partial charge is 0.363 e. The van der Waals surface area contributed by atoms with Gasteiger partial charge in [0.15, 0.2) is 0 Å². The van der Waals surface area contributed by atoms with Crippen molar-refractivity contribution < 1.29 is 9.26 Å². The lowest BCUT2D eigenvalue weighted by Gasteiger charge is -2.26. The van der Waals surface area contributed by atoms with Crippen molar-refractivity contribution in [2.75, 3.05) is 7.11 Å². The number of hydrogen-bond acceptors (Lipinski definition) is 5. The highest BCUT2D eigenvalue weighted by molar-refractivity contribution is 8.49. The van der Waals surface area contributed by atoms with Crippen molar-refractivity contribution in [3.8, 4) is 0 Å². The molecule has 0 aliphatic carbocycles. The van der Waals surface area contributed by atoms with Gasteiger partial charge in [-0.15, -0.1) is 24.9 Å². The van der Waals surface area contributed by atoms with Crippen molar-refractivity contribution in [2.45, 2.75) is 44.3 Å². The molecule has 6 heteroatoms. The van der Waals surface area contributed by atoms with Gasteiger partial charge < -0.3 is 9.26 Å². The average Bonchev–Trinajstić information content (AvgIpc) is 2.58. The summed E-state index contributed by atoms with van der Waals surface area (Å²) < 4.78 is 11.1. The van der Waals surface area contributed by atoms with E-state index in [1.54, 1.807) is 7.11 Å². The molecular formula is C9H20NO2PS2.